The van der Waals surface area contributed by atoms with Crippen LogP contribution in [0, 0.1) is 0 Å². The second kappa shape index (κ2) is 9.24. The molecule has 2 aromatic rings. The number of aryl methyl sites for hydroxylation is 1. The number of amides is 1. The van der Waals surface area contributed by atoms with Gasteiger partial charge in [0.15, 0.2) is 10.4 Å². The number of carbonyl (C=O) groups excluding carboxylic acids is 1. The first-order chi connectivity index (χ1) is 13.9. The van der Waals surface area contributed by atoms with Crippen molar-refractivity contribution in [1.82, 2.24) is 0 Å². The monoisotopic (exact) mass is 427 g/mol. The molecule has 1 aliphatic heterocycles. The van der Waals surface area contributed by atoms with Gasteiger partial charge >= 0.3 is 5.97 Å². The maximum atomic E-state index is 12.9. The van der Waals surface area contributed by atoms with E-state index < -0.39 is 12.1 Å². The molecule has 29 heavy (non-hydrogen) atoms. The Bertz CT molecular complexity index is 969. The van der Waals surface area contributed by atoms with Crippen LogP contribution in [0.2, 0.25) is 0 Å². The van der Waals surface area contributed by atoms with Crippen LogP contribution in [0.25, 0.3) is 6.08 Å². The molecule has 1 unspecified atom stereocenters. The largest absolute Gasteiger partial charge is 0.479 e. The molecule has 1 atom stereocenters. The van der Waals surface area contributed by atoms with Crippen molar-refractivity contribution in [3.05, 3.63) is 64.6 Å². The summed E-state index contributed by atoms with van der Waals surface area (Å²) in [4.78, 5) is 26.1. The fourth-order valence-corrected chi connectivity index (χ4v) is 4.17. The lowest BCUT2D eigenvalue weighted by Crippen LogP contribution is -2.27. The minimum atomic E-state index is -1.01. The van der Waals surface area contributed by atoms with Crippen molar-refractivity contribution < 1.29 is 19.4 Å². The number of nitrogens with zero attached hydrogens (tertiary/aromatic N) is 1. The molecule has 0 bridgehead atoms. The van der Waals surface area contributed by atoms with Gasteiger partial charge in [0.05, 0.1) is 10.6 Å². The summed E-state index contributed by atoms with van der Waals surface area (Å²) in [5.74, 6) is -0.737. The number of hydrogen-bond acceptors (Lipinski definition) is 5. The highest BCUT2D eigenvalue weighted by Gasteiger charge is 2.33. The van der Waals surface area contributed by atoms with Crippen LogP contribution in [-0.2, 0) is 16.0 Å². The van der Waals surface area contributed by atoms with E-state index in [0.29, 0.717) is 21.4 Å². The summed E-state index contributed by atoms with van der Waals surface area (Å²) in [5, 5.41) is 9.16. The van der Waals surface area contributed by atoms with Crippen molar-refractivity contribution in [2.24, 2.45) is 0 Å². The highest BCUT2D eigenvalue weighted by atomic mass is 32.2. The van der Waals surface area contributed by atoms with E-state index in [0.717, 1.165) is 17.7 Å². The van der Waals surface area contributed by atoms with Gasteiger partial charge in [-0.05, 0) is 54.3 Å². The molecule has 0 saturated carbocycles. The van der Waals surface area contributed by atoms with Gasteiger partial charge in [-0.2, -0.15) is 0 Å². The number of aliphatic carboxylic acids is 1. The lowest BCUT2D eigenvalue weighted by Gasteiger charge is -2.15. The third kappa shape index (κ3) is 4.86. The summed E-state index contributed by atoms with van der Waals surface area (Å²) in [6, 6.07) is 14.8. The highest BCUT2D eigenvalue weighted by Crippen LogP contribution is 2.36. The molecule has 3 rings (SSSR count). The number of thiocarbonyl (C=S) groups is 1. The highest BCUT2D eigenvalue weighted by molar-refractivity contribution is 8.27. The summed E-state index contributed by atoms with van der Waals surface area (Å²) in [5.41, 5.74) is 2.68. The van der Waals surface area contributed by atoms with Crippen LogP contribution in [0.3, 0.4) is 0 Å². The average Bonchev–Trinajstić information content (AvgIpc) is 2.99. The third-order valence-electron chi connectivity index (χ3n) is 4.48. The van der Waals surface area contributed by atoms with E-state index >= 15 is 0 Å². The fourth-order valence-electron chi connectivity index (χ4n) is 2.87. The van der Waals surface area contributed by atoms with Crippen LogP contribution in [0.15, 0.2) is 53.4 Å². The third-order valence-corrected chi connectivity index (χ3v) is 5.78. The molecule has 1 saturated heterocycles. The molecule has 0 aromatic heterocycles. The average molecular weight is 428 g/mol. The number of carboxylic acid groups (broad SMARTS) is 1. The van der Waals surface area contributed by atoms with E-state index in [9.17, 15) is 9.59 Å². The molecule has 150 valence electrons. The minimum absolute atomic E-state index is 0.174. The maximum Gasteiger partial charge on any atom is 0.344 e. The Balaban J connectivity index is 1.82. The number of carboxylic acids is 1. The quantitative estimate of drug-likeness (QED) is 0.501. The number of thioether (sulfide) groups is 1. The Morgan fingerprint density at radius 2 is 1.97 bits per heavy atom. The van der Waals surface area contributed by atoms with Gasteiger partial charge in [-0.1, -0.05) is 62.1 Å². The second-order valence-electron chi connectivity index (χ2n) is 6.46. The molecule has 1 fully saturated rings. The van der Waals surface area contributed by atoms with E-state index in [-0.39, 0.29) is 5.91 Å². The molecule has 1 N–H and O–H groups in total. The first-order valence-electron chi connectivity index (χ1n) is 9.29. The van der Waals surface area contributed by atoms with Gasteiger partial charge in [-0.15, -0.1) is 0 Å². The SMILES string of the molecule is CCc1ccc(N2C(=O)/C(=C\c3cccc(OC(CC)C(=O)O)c3)SC2=S)cc1. The van der Waals surface area contributed by atoms with Crippen LogP contribution in [-0.4, -0.2) is 27.4 Å². The summed E-state index contributed by atoms with van der Waals surface area (Å²) >= 11 is 6.66. The van der Waals surface area contributed by atoms with Gasteiger partial charge in [-0.3, -0.25) is 9.69 Å². The van der Waals surface area contributed by atoms with Crippen molar-refractivity contribution in [3.63, 3.8) is 0 Å². The first kappa shape index (κ1) is 21.1. The van der Waals surface area contributed by atoms with E-state index in [1.807, 2.05) is 30.3 Å². The number of ether oxygens (including phenoxy) is 1. The zero-order chi connectivity index (χ0) is 21.0. The molecule has 1 aliphatic rings. The molecular weight excluding hydrogens is 406 g/mol. The number of rotatable bonds is 7. The van der Waals surface area contributed by atoms with E-state index in [1.165, 1.54) is 22.2 Å². The lowest BCUT2D eigenvalue weighted by molar-refractivity contribution is -0.145. The zero-order valence-electron chi connectivity index (χ0n) is 16.1. The Morgan fingerprint density at radius 3 is 2.59 bits per heavy atom. The number of hydrogen-bond donors (Lipinski definition) is 1. The molecule has 0 aliphatic carbocycles. The maximum absolute atomic E-state index is 12.9. The molecule has 1 heterocycles. The van der Waals surface area contributed by atoms with E-state index in [1.54, 1.807) is 31.2 Å². The van der Waals surface area contributed by atoms with E-state index in [2.05, 4.69) is 6.92 Å². The molecule has 1 amide bonds. The number of anilines is 1. The fraction of sp³-hybridized carbons (Fsp3) is 0.227. The summed E-state index contributed by atoms with van der Waals surface area (Å²) < 4.78 is 6.02. The van der Waals surface area contributed by atoms with Crippen molar-refractivity contribution in [1.29, 1.82) is 0 Å². The summed E-state index contributed by atoms with van der Waals surface area (Å²) in [6.07, 6.45) is 2.12. The molecule has 2 aromatic carbocycles. The molecular formula is C22H21NO4S2. The van der Waals surface area contributed by atoms with Crippen LogP contribution in [0.5, 0.6) is 5.75 Å². The number of carbonyl (C=O) groups is 2. The predicted octanol–water partition coefficient (Wildman–Crippen LogP) is 4.90. The summed E-state index contributed by atoms with van der Waals surface area (Å²) in [6.45, 7) is 3.83. The molecule has 5 nitrogen and oxygen atoms in total. The smallest absolute Gasteiger partial charge is 0.344 e. The Kier molecular flexibility index (Phi) is 6.71. The van der Waals surface area contributed by atoms with Crippen molar-refractivity contribution in [2.75, 3.05) is 4.90 Å². The Morgan fingerprint density at radius 1 is 1.24 bits per heavy atom. The predicted molar refractivity (Wildman–Crippen MR) is 120 cm³/mol. The van der Waals surface area contributed by atoms with Crippen molar-refractivity contribution in [2.45, 2.75) is 32.8 Å². The Hall–Kier alpha value is -2.64. The standard InChI is InChI=1S/C22H21NO4S2/c1-3-14-8-10-16(11-9-14)23-20(24)19(29-22(23)28)13-15-6-5-7-17(12-15)27-18(4-2)21(25)26/h5-13,18H,3-4H2,1-2H3,(H,25,26)/b19-13+. The normalized spacial score (nSPS) is 16.3. The van der Waals surface area contributed by atoms with Gasteiger partial charge in [0, 0.05) is 0 Å². The van der Waals surface area contributed by atoms with Gasteiger partial charge in [0.1, 0.15) is 5.75 Å². The van der Waals surface area contributed by atoms with Crippen LogP contribution in [0.1, 0.15) is 31.4 Å². The molecule has 0 radical (unpaired) electrons. The van der Waals surface area contributed by atoms with Crippen LogP contribution in [0.4, 0.5) is 5.69 Å². The van der Waals surface area contributed by atoms with Gasteiger partial charge < -0.3 is 9.84 Å². The molecule has 0 spiro atoms. The summed E-state index contributed by atoms with van der Waals surface area (Å²) in [7, 11) is 0. The zero-order valence-corrected chi connectivity index (χ0v) is 17.8. The Labute approximate surface area is 179 Å². The number of benzene rings is 2. The second-order valence-corrected chi connectivity index (χ2v) is 8.14. The topological polar surface area (TPSA) is 66.8 Å². The van der Waals surface area contributed by atoms with Crippen molar-refractivity contribution in [3.8, 4) is 5.75 Å². The van der Waals surface area contributed by atoms with E-state index in [4.69, 9.17) is 22.1 Å². The first-order valence-corrected chi connectivity index (χ1v) is 10.5. The van der Waals surface area contributed by atoms with Crippen LogP contribution >= 0.6 is 24.0 Å². The van der Waals surface area contributed by atoms with Gasteiger partial charge in [0.2, 0.25) is 0 Å². The van der Waals surface area contributed by atoms with Gasteiger partial charge in [0.25, 0.3) is 5.91 Å². The minimum Gasteiger partial charge on any atom is -0.479 e. The van der Waals surface area contributed by atoms with Crippen LogP contribution < -0.4 is 9.64 Å². The molecule has 7 heteroatoms. The lowest BCUT2D eigenvalue weighted by atomic mass is 10.1. The van der Waals surface area contributed by atoms with Gasteiger partial charge in [-0.25, -0.2) is 4.79 Å². The van der Waals surface area contributed by atoms with Crippen molar-refractivity contribution >= 4 is 51.9 Å².